The van der Waals surface area contributed by atoms with Crippen molar-refractivity contribution in [2.24, 2.45) is 0 Å². The summed E-state index contributed by atoms with van der Waals surface area (Å²) in [5, 5.41) is 18.7. The number of imidazole rings is 1. The molecule has 140 valence electrons. The number of morpholine rings is 1. The molecule has 4 rings (SSSR count). The first-order chi connectivity index (χ1) is 12.7. The van der Waals surface area contributed by atoms with Crippen molar-refractivity contribution in [1.29, 1.82) is 0 Å². The largest absolute Gasteiger partial charge is 0.465 e. The van der Waals surface area contributed by atoms with Crippen molar-refractivity contribution in [3.05, 3.63) is 23.8 Å². The molecule has 1 amide bonds. The Morgan fingerprint density at radius 2 is 1.96 bits per heavy atom. The van der Waals surface area contributed by atoms with Crippen molar-refractivity contribution < 1.29 is 19.7 Å². The van der Waals surface area contributed by atoms with Crippen LogP contribution in [0, 0.1) is 0 Å². The molecule has 0 unspecified atom stereocenters. The number of aliphatic hydroxyl groups excluding tert-OH is 1. The van der Waals surface area contributed by atoms with Crippen LogP contribution in [0.5, 0.6) is 0 Å². The van der Waals surface area contributed by atoms with Gasteiger partial charge in [0, 0.05) is 50.2 Å². The lowest BCUT2D eigenvalue weighted by molar-refractivity contribution is 0.122. The summed E-state index contributed by atoms with van der Waals surface area (Å²) in [6.07, 6.45) is 4.39. The zero-order valence-electron chi connectivity index (χ0n) is 14.5. The molecule has 0 aliphatic carbocycles. The highest BCUT2D eigenvalue weighted by atomic mass is 16.5. The smallest absolute Gasteiger partial charge is 0.407 e. The third kappa shape index (κ3) is 3.08. The second kappa shape index (κ2) is 7.08. The molecule has 2 saturated heterocycles. The van der Waals surface area contributed by atoms with Gasteiger partial charge in [-0.15, -0.1) is 0 Å². The number of nitrogens with zero attached hydrogens (tertiary/aromatic N) is 5. The van der Waals surface area contributed by atoms with Gasteiger partial charge in [-0.3, -0.25) is 4.40 Å². The Bertz CT molecular complexity index is 794. The maximum absolute atomic E-state index is 11.1. The first-order valence-electron chi connectivity index (χ1n) is 8.95. The zero-order valence-corrected chi connectivity index (χ0v) is 14.5. The van der Waals surface area contributed by atoms with E-state index in [0.717, 1.165) is 43.1 Å². The molecule has 26 heavy (non-hydrogen) atoms. The Morgan fingerprint density at radius 1 is 1.23 bits per heavy atom. The highest BCUT2D eigenvalue weighted by Gasteiger charge is 2.27. The van der Waals surface area contributed by atoms with Crippen molar-refractivity contribution >= 4 is 17.6 Å². The number of fused-ring (bicyclic) bond motifs is 1. The molecule has 0 bridgehead atoms. The van der Waals surface area contributed by atoms with Gasteiger partial charge in [0.2, 0.25) is 0 Å². The summed E-state index contributed by atoms with van der Waals surface area (Å²) in [5.74, 6) is 1.03. The Kier molecular flexibility index (Phi) is 4.64. The van der Waals surface area contributed by atoms with Crippen LogP contribution in [0.1, 0.15) is 30.1 Å². The number of piperidine rings is 1. The van der Waals surface area contributed by atoms with Crippen LogP contribution in [0.3, 0.4) is 0 Å². The van der Waals surface area contributed by atoms with Gasteiger partial charge in [0.15, 0.2) is 11.5 Å². The van der Waals surface area contributed by atoms with E-state index in [1.54, 1.807) is 0 Å². The first-order valence-corrected chi connectivity index (χ1v) is 8.95. The van der Waals surface area contributed by atoms with E-state index in [2.05, 4.69) is 14.9 Å². The number of hydrogen-bond donors (Lipinski definition) is 2. The zero-order chi connectivity index (χ0) is 18.1. The van der Waals surface area contributed by atoms with E-state index in [1.165, 1.54) is 4.90 Å². The number of hydrogen-bond acceptors (Lipinski definition) is 6. The van der Waals surface area contributed by atoms with Gasteiger partial charge in [0.05, 0.1) is 25.5 Å². The van der Waals surface area contributed by atoms with Gasteiger partial charge >= 0.3 is 6.09 Å². The highest BCUT2D eigenvalue weighted by Crippen LogP contribution is 2.31. The molecule has 2 aromatic heterocycles. The topological polar surface area (TPSA) is 103 Å². The third-order valence-electron chi connectivity index (χ3n) is 5.21. The Balaban J connectivity index is 1.68. The monoisotopic (exact) mass is 361 g/mol. The van der Waals surface area contributed by atoms with Crippen molar-refractivity contribution in [1.82, 2.24) is 19.3 Å². The summed E-state index contributed by atoms with van der Waals surface area (Å²) in [4.78, 5) is 24.0. The summed E-state index contributed by atoms with van der Waals surface area (Å²) in [6.45, 7) is 3.78. The number of rotatable bonds is 3. The SMILES string of the molecule is O=C(O)N1CCC(c2cnc(N3CCOCC3)c3nc(CO)cn23)CC1. The van der Waals surface area contributed by atoms with Gasteiger partial charge in [-0.05, 0) is 12.8 Å². The molecule has 0 spiro atoms. The minimum Gasteiger partial charge on any atom is -0.465 e. The van der Waals surface area contributed by atoms with E-state index in [9.17, 15) is 9.90 Å². The quantitative estimate of drug-likeness (QED) is 0.838. The fourth-order valence-electron chi connectivity index (χ4n) is 3.77. The minimum absolute atomic E-state index is 0.124. The van der Waals surface area contributed by atoms with Gasteiger partial charge in [0.25, 0.3) is 0 Å². The van der Waals surface area contributed by atoms with Crippen LogP contribution in [0.4, 0.5) is 10.6 Å². The van der Waals surface area contributed by atoms with Crippen LogP contribution in [-0.2, 0) is 11.3 Å². The second-order valence-electron chi connectivity index (χ2n) is 6.73. The summed E-state index contributed by atoms with van der Waals surface area (Å²) in [7, 11) is 0. The lowest BCUT2D eigenvalue weighted by Gasteiger charge is -2.31. The normalized spacial score (nSPS) is 19.3. The molecule has 2 N–H and O–H groups in total. The summed E-state index contributed by atoms with van der Waals surface area (Å²) in [5.41, 5.74) is 2.38. The first kappa shape index (κ1) is 17.0. The molecule has 0 atom stereocenters. The third-order valence-corrected chi connectivity index (χ3v) is 5.21. The van der Waals surface area contributed by atoms with Crippen molar-refractivity contribution in [2.75, 3.05) is 44.3 Å². The van der Waals surface area contributed by atoms with E-state index >= 15 is 0 Å². The maximum Gasteiger partial charge on any atom is 0.407 e. The van der Waals surface area contributed by atoms with Gasteiger partial charge in [0.1, 0.15) is 0 Å². The van der Waals surface area contributed by atoms with Gasteiger partial charge < -0.3 is 24.7 Å². The molecule has 2 fully saturated rings. The fraction of sp³-hybridized carbons (Fsp3) is 0.588. The number of aliphatic hydroxyl groups is 1. The van der Waals surface area contributed by atoms with E-state index < -0.39 is 6.09 Å². The van der Waals surface area contributed by atoms with Gasteiger partial charge in [-0.2, -0.15) is 0 Å². The molecule has 9 nitrogen and oxygen atoms in total. The number of likely N-dealkylation sites (tertiary alicyclic amines) is 1. The van der Waals surface area contributed by atoms with E-state index in [-0.39, 0.29) is 12.5 Å². The maximum atomic E-state index is 11.1. The van der Waals surface area contributed by atoms with Crippen molar-refractivity contribution in [3.63, 3.8) is 0 Å². The van der Waals surface area contributed by atoms with Crippen LogP contribution in [-0.4, -0.2) is 75.0 Å². The summed E-state index contributed by atoms with van der Waals surface area (Å²) >= 11 is 0. The molecule has 0 aromatic carbocycles. The molecule has 4 heterocycles. The van der Waals surface area contributed by atoms with Crippen LogP contribution < -0.4 is 4.90 Å². The number of anilines is 1. The molecular weight excluding hydrogens is 338 g/mol. The lowest BCUT2D eigenvalue weighted by Crippen LogP contribution is -2.38. The summed E-state index contributed by atoms with van der Waals surface area (Å²) in [6, 6.07) is 0. The average molecular weight is 361 g/mol. The van der Waals surface area contributed by atoms with Crippen molar-refractivity contribution in [2.45, 2.75) is 25.4 Å². The minimum atomic E-state index is -0.861. The Labute approximate surface area is 150 Å². The van der Waals surface area contributed by atoms with Crippen LogP contribution in [0.15, 0.2) is 12.4 Å². The molecule has 2 aromatic rings. The molecular formula is C17H23N5O4. The van der Waals surface area contributed by atoms with Gasteiger partial charge in [-0.25, -0.2) is 14.8 Å². The number of carboxylic acid groups (broad SMARTS) is 1. The lowest BCUT2D eigenvalue weighted by atomic mass is 9.94. The molecule has 9 heteroatoms. The summed E-state index contributed by atoms with van der Waals surface area (Å²) < 4.78 is 7.44. The standard InChI is InChI=1S/C17H23N5O4/c23-11-13-10-22-14(12-1-3-21(4-2-12)17(24)25)9-18-15(16(22)19-13)20-5-7-26-8-6-20/h9-10,12,23H,1-8,11H2,(H,24,25). The second-order valence-corrected chi connectivity index (χ2v) is 6.73. The van der Waals surface area contributed by atoms with Crippen LogP contribution in [0.2, 0.25) is 0 Å². The van der Waals surface area contributed by atoms with Crippen LogP contribution in [0.25, 0.3) is 5.65 Å². The average Bonchev–Trinajstić information content (AvgIpc) is 3.12. The molecule has 2 aliphatic rings. The van der Waals surface area contributed by atoms with Gasteiger partial charge in [-0.1, -0.05) is 0 Å². The van der Waals surface area contributed by atoms with E-state index in [4.69, 9.17) is 9.84 Å². The molecule has 0 radical (unpaired) electrons. The Hall–Kier alpha value is -2.39. The number of ether oxygens (including phenoxy) is 1. The number of carbonyl (C=O) groups is 1. The fourth-order valence-corrected chi connectivity index (χ4v) is 3.77. The van der Waals surface area contributed by atoms with E-state index in [0.29, 0.717) is 32.0 Å². The Morgan fingerprint density at radius 3 is 2.62 bits per heavy atom. The molecule has 2 aliphatic heterocycles. The molecule has 0 saturated carbocycles. The van der Waals surface area contributed by atoms with Crippen molar-refractivity contribution in [3.8, 4) is 0 Å². The predicted molar refractivity (Wildman–Crippen MR) is 93.5 cm³/mol. The van der Waals surface area contributed by atoms with E-state index in [1.807, 2.05) is 16.8 Å². The number of amides is 1. The number of aromatic nitrogens is 3. The predicted octanol–water partition coefficient (Wildman–Crippen LogP) is 0.916. The highest BCUT2D eigenvalue weighted by molar-refractivity contribution is 5.66. The van der Waals surface area contributed by atoms with Crippen LogP contribution >= 0.6 is 0 Å².